The van der Waals surface area contributed by atoms with E-state index in [1.807, 2.05) is 0 Å². The molecule has 0 spiro atoms. The van der Waals surface area contributed by atoms with Gasteiger partial charge >= 0.3 is 0 Å². The minimum atomic E-state index is -0.651. The number of aliphatic hydroxyl groups is 2. The van der Waals surface area contributed by atoms with Crippen LogP contribution >= 0.6 is 0 Å². The quantitative estimate of drug-likeness (QED) is 0.0638. The summed E-state index contributed by atoms with van der Waals surface area (Å²) in [6.45, 7) is 4.37. The van der Waals surface area contributed by atoms with Gasteiger partial charge in [-0.05, 0) is 12.8 Å². The third-order valence-electron chi connectivity index (χ3n) is 9.12. The van der Waals surface area contributed by atoms with Crippen molar-refractivity contribution in [3.63, 3.8) is 0 Å². The molecule has 4 nitrogen and oxygen atoms in total. The molecule has 0 heterocycles. The average molecular weight is 596 g/mol. The number of hydrogen-bond acceptors (Lipinski definition) is 3. The van der Waals surface area contributed by atoms with Gasteiger partial charge in [0.15, 0.2) is 0 Å². The lowest BCUT2D eigenvalue weighted by molar-refractivity contribution is -0.123. The average Bonchev–Trinajstić information content (AvgIpc) is 2.99. The van der Waals surface area contributed by atoms with E-state index in [1.54, 1.807) is 0 Å². The van der Waals surface area contributed by atoms with Gasteiger partial charge in [-0.3, -0.25) is 4.79 Å². The number of aliphatic hydroxyl groups excluding tert-OH is 2. The predicted molar refractivity (Wildman–Crippen MR) is 184 cm³/mol. The van der Waals surface area contributed by atoms with Crippen molar-refractivity contribution in [3.05, 3.63) is 0 Å². The molecule has 3 N–H and O–H groups in total. The number of carbonyl (C=O) groups excluding carboxylic acids is 1. The Balaban J connectivity index is 3.51. The Kier molecular flexibility index (Phi) is 34.4. The first-order chi connectivity index (χ1) is 20.7. The van der Waals surface area contributed by atoms with Gasteiger partial charge in [0.25, 0.3) is 0 Å². The molecule has 0 radical (unpaired) electrons. The van der Waals surface area contributed by atoms with E-state index < -0.39 is 12.1 Å². The fraction of sp³-hybridized carbons (Fsp3) is 0.974. The summed E-state index contributed by atoms with van der Waals surface area (Å²) in [5, 5.41) is 23.1. The van der Waals surface area contributed by atoms with Crippen LogP contribution in [0.1, 0.15) is 219 Å². The summed E-state index contributed by atoms with van der Waals surface area (Å²) in [6, 6.07) is -0.527. The predicted octanol–water partition coefficient (Wildman–Crippen LogP) is 11.3. The highest BCUT2D eigenvalue weighted by Crippen LogP contribution is 2.16. The Morgan fingerprint density at radius 3 is 1.07 bits per heavy atom. The second-order valence-electron chi connectivity index (χ2n) is 13.4. The lowest BCUT2D eigenvalue weighted by Crippen LogP contribution is -2.45. The molecule has 0 aromatic carbocycles. The zero-order valence-corrected chi connectivity index (χ0v) is 28.8. The molecule has 0 aliphatic carbocycles. The van der Waals surface area contributed by atoms with Crippen LogP contribution in [0.15, 0.2) is 0 Å². The minimum Gasteiger partial charge on any atom is -0.394 e. The lowest BCUT2D eigenvalue weighted by atomic mass is 10.0. The molecule has 0 aromatic heterocycles. The van der Waals surface area contributed by atoms with Gasteiger partial charge in [0.05, 0.1) is 18.8 Å². The van der Waals surface area contributed by atoms with Crippen LogP contribution in [0.3, 0.4) is 0 Å². The van der Waals surface area contributed by atoms with E-state index in [-0.39, 0.29) is 12.5 Å². The highest BCUT2D eigenvalue weighted by molar-refractivity contribution is 5.76. The summed E-state index contributed by atoms with van der Waals surface area (Å²) < 4.78 is 0. The molecule has 0 rings (SSSR count). The smallest absolute Gasteiger partial charge is 0.220 e. The number of nitrogens with one attached hydrogen (secondary N) is 1. The maximum absolute atomic E-state index is 12.3. The van der Waals surface area contributed by atoms with Crippen LogP contribution in [-0.4, -0.2) is 34.9 Å². The molecule has 0 fully saturated rings. The number of carbonyl (C=O) groups is 1. The zero-order chi connectivity index (χ0) is 30.8. The molecule has 4 heteroatoms. The van der Waals surface area contributed by atoms with Crippen LogP contribution < -0.4 is 5.32 Å². The number of amides is 1. The van der Waals surface area contributed by atoms with Gasteiger partial charge in [0.2, 0.25) is 5.91 Å². The molecule has 0 aliphatic heterocycles. The van der Waals surface area contributed by atoms with Crippen molar-refractivity contribution in [3.8, 4) is 0 Å². The van der Waals surface area contributed by atoms with E-state index in [9.17, 15) is 15.0 Å². The molecule has 0 bridgehead atoms. The lowest BCUT2D eigenvalue weighted by Gasteiger charge is -2.22. The van der Waals surface area contributed by atoms with Crippen molar-refractivity contribution >= 4 is 5.91 Å². The Morgan fingerprint density at radius 1 is 0.476 bits per heavy atom. The van der Waals surface area contributed by atoms with Crippen LogP contribution in [0.5, 0.6) is 0 Å². The molecule has 0 unspecified atom stereocenters. The van der Waals surface area contributed by atoms with Crippen molar-refractivity contribution in [1.29, 1.82) is 0 Å². The van der Waals surface area contributed by atoms with E-state index in [2.05, 4.69) is 19.2 Å². The van der Waals surface area contributed by atoms with Gasteiger partial charge in [0, 0.05) is 6.42 Å². The van der Waals surface area contributed by atoms with Gasteiger partial charge < -0.3 is 15.5 Å². The first-order valence-corrected chi connectivity index (χ1v) is 19.2. The highest BCUT2D eigenvalue weighted by Gasteiger charge is 2.19. The molecular weight excluding hydrogens is 518 g/mol. The summed E-state index contributed by atoms with van der Waals surface area (Å²) in [5.74, 6) is -0.0284. The summed E-state index contributed by atoms with van der Waals surface area (Å²) in [6.07, 6.45) is 40.1. The Hall–Kier alpha value is -0.610. The molecule has 2 atom stereocenters. The first-order valence-electron chi connectivity index (χ1n) is 19.2. The van der Waals surface area contributed by atoms with Gasteiger partial charge in [-0.25, -0.2) is 0 Å². The maximum Gasteiger partial charge on any atom is 0.220 e. The van der Waals surface area contributed by atoms with Crippen LogP contribution in [0.25, 0.3) is 0 Å². The van der Waals surface area contributed by atoms with Crippen LogP contribution in [0.4, 0.5) is 0 Å². The second kappa shape index (κ2) is 34.9. The standard InChI is InChI=1S/C38H77NO3/c1-3-5-7-9-11-13-15-17-19-21-23-25-27-29-31-33-37(41)36(35-40)39-38(42)34-32-30-28-26-24-22-20-18-16-14-12-10-8-6-4-2/h36-37,40-41H,3-35H2,1-2H3,(H,39,42)/t36-,37+/m0/s1. The van der Waals surface area contributed by atoms with E-state index in [0.29, 0.717) is 12.8 Å². The summed E-state index contributed by atoms with van der Waals surface area (Å²) in [5.41, 5.74) is 0. The third kappa shape index (κ3) is 30.8. The second-order valence-corrected chi connectivity index (χ2v) is 13.4. The maximum atomic E-state index is 12.3. The van der Waals surface area contributed by atoms with Crippen molar-refractivity contribution in [1.82, 2.24) is 5.32 Å². The minimum absolute atomic E-state index is 0.0284. The molecule has 0 saturated heterocycles. The summed E-state index contributed by atoms with van der Waals surface area (Å²) in [4.78, 5) is 12.3. The zero-order valence-electron chi connectivity index (χ0n) is 28.8. The van der Waals surface area contributed by atoms with Gasteiger partial charge in [-0.15, -0.1) is 0 Å². The molecule has 1 amide bonds. The summed E-state index contributed by atoms with van der Waals surface area (Å²) >= 11 is 0. The molecular formula is C38H77NO3. The first kappa shape index (κ1) is 41.4. The number of unbranched alkanes of at least 4 members (excludes halogenated alkanes) is 28. The molecule has 0 saturated carbocycles. The van der Waals surface area contributed by atoms with Crippen molar-refractivity contribution in [2.24, 2.45) is 0 Å². The number of hydrogen-bond donors (Lipinski definition) is 3. The Morgan fingerprint density at radius 2 is 0.762 bits per heavy atom. The Labute approximate surface area is 264 Å². The van der Waals surface area contributed by atoms with Gasteiger partial charge in [0.1, 0.15) is 0 Å². The fourth-order valence-corrected chi connectivity index (χ4v) is 6.13. The van der Waals surface area contributed by atoms with E-state index in [4.69, 9.17) is 0 Å². The van der Waals surface area contributed by atoms with Crippen molar-refractivity contribution in [2.45, 2.75) is 231 Å². The van der Waals surface area contributed by atoms with Crippen molar-refractivity contribution < 1.29 is 15.0 Å². The molecule has 42 heavy (non-hydrogen) atoms. The SMILES string of the molecule is CCCCCCCCCCCCCCCCCC(=O)N[C@@H](CO)[C@H](O)CCCCCCCCCCCCCCCCC. The molecule has 252 valence electrons. The monoisotopic (exact) mass is 596 g/mol. The normalized spacial score (nSPS) is 13.0. The van der Waals surface area contributed by atoms with Crippen LogP contribution in [-0.2, 0) is 4.79 Å². The van der Waals surface area contributed by atoms with E-state index in [0.717, 1.165) is 25.7 Å². The number of rotatable bonds is 35. The molecule has 0 aromatic rings. The third-order valence-corrected chi connectivity index (χ3v) is 9.12. The van der Waals surface area contributed by atoms with Crippen molar-refractivity contribution in [2.75, 3.05) is 6.61 Å². The van der Waals surface area contributed by atoms with Gasteiger partial charge in [-0.2, -0.15) is 0 Å². The molecule has 0 aliphatic rings. The Bertz CT molecular complexity index is 526. The van der Waals surface area contributed by atoms with Crippen LogP contribution in [0.2, 0.25) is 0 Å². The van der Waals surface area contributed by atoms with E-state index >= 15 is 0 Å². The fourth-order valence-electron chi connectivity index (χ4n) is 6.13. The highest BCUT2D eigenvalue weighted by atomic mass is 16.3. The summed E-state index contributed by atoms with van der Waals surface area (Å²) in [7, 11) is 0. The topological polar surface area (TPSA) is 69.6 Å². The van der Waals surface area contributed by atoms with E-state index in [1.165, 1.54) is 167 Å². The largest absolute Gasteiger partial charge is 0.394 e. The van der Waals surface area contributed by atoms with Crippen LogP contribution in [0, 0.1) is 0 Å². The van der Waals surface area contributed by atoms with Gasteiger partial charge in [-0.1, -0.05) is 200 Å².